The molecule has 35 heavy (non-hydrogen) atoms. The molecular weight excluding hydrogens is 450 g/mol. The van der Waals surface area contributed by atoms with Gasteiger partial charge in [0.05, 0.1) is 17.2 Å². The predicted molar refractivity (Wildman–Crippen MR) is 130 cm³/mol. The highest BCUT2D eigenvalue weighted by atomic mass is 16.6. The van der Waals surface area contributed by atoms with Gasteiger partial charge in [-0.25, -0.2) is 4.68 Å². The maximum Gasteiger partial charge on any atom is 0.336 e. The van der Waals surface area contributed by atoms with Crippen LogP contribution in [0.5, 0.6) is 6.01 Å². The lowest BCUT2D eigenvalue weighted by atomic mass is 10.1. The van der Waals surface area contributed by atoms with Crippen molar-refractivity contribution < 1.29 is 19.2 Å². The van der Waals surface area contributed by atoms with E-state index in [9.17, 15) is 14.9 Å². The van der Waals surface area contributed by atoms with Gasteiger partial charge in [0.2, 0.25) is 0 Å². The Bertz CT molecular complexity index is 1330. The van der Waals surface area contributed by atoms with Crippen LogP contribution in [0.1, 0.15) is 15.9 Å². The van der Waals surface area contributed by atoms with Gasteiger partial charge >= 0.3 is 6.01 Å². The molecule has 0 aliphatic heterocycles. The Morgan fingerprint density at radius 3 is 2.49 bits per heavy atom. The average molecular weight is 473 g/mol. The third-order valence-corrected chi connectivity index (χ3v) is 5.11. The van der Waals surface area contributed by atoms with E-state index in [0.717, 1.165) is 11.1 Å². The minimum atomic E-state index is -0.512. The zero-order valence-electron chi connectivity index (χ0n) is 19.2. The van der Waals surface area contributed by atoms with E-state index in [-0.39, 0.29) is 11.7 Å². The quantitative estimate of drug-likeness (QED) is 0.217. The first-order valence-corrected chi connectivity index (χ1v) is 10.8. The molecule has 0 aliphatic carbocycles. The van der Waals surface area contributed by atoms with Gasteiger partial charge in [-0.2, -0.15) is 4.98 Å². The predicted octanol–water partition coefficient (Wildman–Crippen LogP) is 4.43. The van der Waals surface area contributed by atoms with E-state index in [1.165, 1.54) is 24.3 Å². The van der Waals surface area contributed by atoms with E-state index in [1.54, 1.807) is 30.0 Å². The number of hydrogen-bond donors (Lipinski definition) is 1. The lowest BCUT2D eigenvalue weighted by molar-refractivity contribution is -0.384. The average Bonchev–Trinajstić information content (AvgIpc) is 3.29. The molecule has 10 heteroatoms. The third kappa shape index (κ3) is 5.68. The van der Waals surface area contributed by atoms with Gasteiger partial charge in [-0.1, -0.05) is 35.9 Å². The number of non-ortho nitro benzene ring substituents is 1. The fourth-order valence-corrected chi connectivity index (χ4v) is 3.29. The minimum absolute atomic E-state index is 0.0816. The largest absolute Gasteiger partial charge is 0.460 e. The van der Waals surface area contributed by atoms with Crippen molar-refractivity contribution >= 4 is 17.3 Å². The van der Waals surface area contributed by atoms with Crippen LogP contribution in [0.3, 0.4) is 0 Å². The van der Waals surface area contributed by atoms with Crippen molar-refractivity contribution in [1.29, 1.82) is 0 Å². The van der Waals surface area contributed by atoms with E-state index in [4.69, 9.17) is 9.47 Å². The van der Waals surface area contributed by atoms with Gasteiger partial charge in [0.25, 0.3) is 11.6 Å². The summed E-state index contributed by atoms with van der Waals surface area (Å²) in [5, 5.41) is 18.2. The second-order valence-corrected chi connectivity index (χ2v) is 7.65. The number of carbonyl (C=O) groups is 1. The summed E-state index contributed by atoms with van der Waals surface area (Å²) in [6.45, 7) is 2.71. The number of hydrogen-bond acceptors (Lipinski definition) is 7. The summed E-state index contributed by atoms with van der Waals surface area (Å²) in [7, 11) is 1.59. The Morgan fingerprint density at radius 1 is 1.06 bits per heavy atom. The first-order chi connectivity index (χ1) is 16.9. The van der Waals surface area contributed by atoms with Crippen LogP contribution in [-0.2, 0) is 4.74 Å². The summed E-state index contributed by atoms with van der Waals surface area (Å²) in [4.78, 5) is 27.5. The molecule has 0 bridgehead atoms. The second kappa shape index (κ2) is 10.6. The van der Waals surface area contributed by atoms with Crippen LogP contribution in [0.2, 0.25) is 0 Å². The Hall–Kier alpha value is -4.57. The number of nitro benzene ring substituents is 1. The molecule has 4 rings (SSSR count). The number of nitrogens with zero attached hydrogens (tertiary/aromatic N) is 4. The van der Waals surface area contributed by atoms with Gasteiger partial charge < -0.3 is 14.8 Å². The Kier molecular flexibility index (Phi) is 7.12. The van der Waals surface area contributed by atoms with Gasteiger partial charge in [-0.15, -0.1) is 5.10 Å². The highest BCUT2D eigenvalue weighted by Crippen LogP contribution is 2.25. The smallest absolute Gasteiger partial charge is 0.336 e. The SMILES string of the molecule is COCCOc1nc(-c2ccc(C)cc2)n(-c2cccc(NC(=O)c3ccc([N+](=O)[O-])cc3)c2)n1. The molecular formula is C25H23N5O5. The zero-order valence-corrected chi connectivity index (χ0v) is 19.2. The Labute approximate surface area is 201 Å². The maximum absolute atomic E-state index is 12.7. The summed E-state index contributed by atoms with van der Waals surface area (Å²) < 4.78 is 12.3. The van der Waals surface area contributed by atoms with Crippen LogP contribution >= 0.6 is 0 Å². The lowest BCUT2D eigenvalue weighted by Gasteiger charge is -2.09. The number of anilines is 1. The van der Waals surface area contributed by atoms with Crippen molar-refractivity contribution in [3.05, 3.63) is 94.0 Å². The van der Waals surface area contributed by atoms with Crippen LogP contribution < -0.4 is 10.1 Å². The second-order valence-electron chi connectivity index (χ2n) is 7.65. The van der Waals surface area contributed by atoms with Crippen molar-refractivity contribution in [2.75, 3.05) is 25.6 Å². The summed E-state index contributed by atoms with van der Waals surface area (Å²) in [6.07, 6.45) is 0. The molecule has 0 fully saturated rings. The van der Waals surface area contributed by atoms with Gasteiger partial charge in [0, 0.05) is 36.1 Å². The normalized spacial score (nSPS) is 10.7. The lowest BCUT2D eigenvalue weighted by Crippen LogP contribution is -2.12. The third-order valence-electron chi connectivity index (χ3n) is 5.11. The van der Waals surface area contributed by atoms with Crippen molar-refractivity contribution in [2.24, 2.45) is 0 Å². The molecule has 1 heterocycles. The molecule has 4 aromatic rings. The number of methoxy groups -OCH3 is 1. The van der Waals surface area contributed by atoms with E-state index in [0.29, 0.717) is 36.0 Å². The summed E-state index contributed by atoms with van der Waals surface area (Å²) in [6, 6.07) is 20.6. The first kappa shape index (κ1) is 23.6. The zero-order chi connectivity index (χ0) is 24.8. The molecule has 0 atom stereocenters. The molecule has 3 aromatic carbocycles. The van der Waals surface area contributed by atoms with Crippen LogP contribution in [0.15, 0.2) is 72.8 Å². The van der Waals surface area contributed by atoms with Crippen LogP contribution in [0, 0.1) is 17.0 Å². The minimum Gasteiger partial charge on any atom is -0.460 e. The van der Waals surface area contributed by atoms with Crippen LogP contribution in [0.25, 0.3) is 17.1 Å². The van der Waals surface area contributed by atoms with Gasteiger partial charge in [0.15, 0.2) is 5.82 Å². The topological polar surface area (TPSA) is 121 Å². The monoisotopic (exact) mass is 473 g/mol. The molecule has 0 aliphatic rings. The fraction of sp³-hybridized carbons (Fsp3) is 0.160. The molecule has 0 unspecified atom stereocenters. The molecule has 1 aromatic heterocycles. The number of benzene rings is 3. The first-order valence-electron chi connectivity index (χ1n) is 10.8. The van der Waals surface area contributed by atoms with Crippen molar-refractivity contribution in [3.63, 3.8) is 0 Å². The van der Waals surface area contributed by atoms with Gasteiger partial charge in [-0.05, 0) is 37.3 Å². The number of aromatic nitrogens is 3. The van der Waals surface area contributed by atoms with Crippen LogP contribution in [0.4, 0.5) is 11.4 Å². The number of nitrogens with one attached hydrogen (secondary N) is 1. The Morgan fingerprint density at radius 2 is 1.80 bits per heavy atom. The van der Waals surface area contributed by atoms with E-state index >= 15 is 0 Å². The molecule has 1 amide bonds. The number of aryl methyl sites for hydroxylation is 1. The molecule has 0 saturated carbocycles. The highest BCUT2D eigenvalue weighted by Gasteiger charge is 2.16. The molecule has 0 spiro atoms. The van der Waals surface area contributed by atoms with Crippen molar-refractivity contribution in [2.45, 2.75) is 6.92 Å². The van der Waals surface area contributed by atoms with Gasteiger partial charge in [0.1, 0.15) is 6.61 Å². The molecule has 178 valence electrons. The molecule has 0 saturated heterocycles. The number of amides is 1. The fourth-order valence-electron chi connectivity index (χ4n) is 3.29. The number of nitro groups is 1. The van der Waals surface area contributed by atoms with E-state index in [1.807, 2.05) is 37.3 Å². The molecule has 1 N–H and O–H groups in total. The molecule has 10 nitrogen and oxygen atoms in total. The number of carbonyl (C=O) groups excluding carboxylic acids is 1. The van der Waals surface area contributed by atoms with E-state index in [2.05, 4.69) is 15.4 Å². The van der Waals surface area contributed by atoms with E-state index < -0.39 is 10.8 Å². The summed E-state index contributed by atoms with van der Waals surface area (Å²) >= 11 is 0. The summed E-state index contributed by atoms with van der Waals surface area (Å²) in [5.41, 5.74) is 3.38. The number of ether oxygens (including phenoxy) is 2. The van der Waals surface area contributed by atoms with Crippen molar-refractivity contribution in [1.82, 2.24) is 14.8 Å². The highest BCUT2D eigenvalue weighted by molar-refractivity contribution is 6.04. The number of rotatable bonds is 9. The Balaban J connectivity index is 1.62. The van der Waals surface area contributed by atoms with Crippen molar-refractivity contribution in [3.8, 4) is 23.1 Å². The summed E-state index contributed by atoms with van der Waals surface area (Å²) in [5.74, 6) is 0.189. The standard InChI is InChI=1S/C25H23N5O5/c1-17-6-8-18(9-7-17)23-27-25(35-15-14-34-2)28-29(23)22-5-3-4-20(16-22)26-24(31)19-10-12-21(13-11-19)30(32)33/h3-13,16H,14-15H2,1-2H3,(H,26,31). The molecule has 0 radical (unpaired) electrons. The maximum atomic E-state index is 12.7. The van der Waals surface area contributed by atoms with Crippen LogP contribution in [-0.4, -0.2) is 45.9 Å². The van der Waals surface area contributed by atoms with Gasteiger partial charge in [-0.3, -0.25) is 14.9 Å².